The van der Waals surface area contributed by atoms with Gasteiger partial charge in [0.2, 0.25) is 0 Å². The Kier molecular flexibility index (Phi) is 8.60. The largest absolute Gasteiger partial charge is 0.490 e. The van der Waals surface area contributed by atoms with Crippen LogP contribution in [-0.2, 0) is 19.1 Å². The molecule has 0 heterocycles. The smallest absolute Gasteiger partial charge is 0.330 e. The number of carbonyl (C=O) groups excluding carboxylic acids is 2. The summed E-state index contributed by atoms with van der Waals surface area (Å²) in [4.78, 5) is 22.4. The zero-order chi connectivity index (χ0) is 28.6. The van der Waals surface area contributed by atoms with E-state index in [-0.39, 0.29) is 32.3 Å². The Labute approximate surface area is 239 Å². The molecule has 1 aliphatic carbocycles. The molecule has 4 aromatic rings. The molecule has 0 amide bonds. The molecular weight excluding hydrogens is 516 g/mol. The quantitative estimate of drug-likeness (QED) is 0.0982. The van der Waals surface area contributed by atoms with E-state index in [1.54, 1.807) is 0 Å². The zero-order valence-corrected chi connectivity index (χ0v) is 22.6. The number of hydrogen-bond acceptors (Lipinski definition) is 6. The number of ether oxygens (including phenoxy) is 4. The Balaban J connectivity index is 1.38. The van der Waals surface area contributed by atoms with Crippen molar-refractivity contribution < 1.29 is 28.5 Å². The van der Waals surface area contributed by atoms with E-state index in [1.165, 1.54) is 22.3 Å². The standard InChI is InChI=1S/C35H30O6/c1-3-32(36)40-22-20-38-26-16-12-24(13-17-26)28-10-7-11-31-29-8-5-6-9-30(29)34(35(28)31)25-14-18-27(19-15-25)39-21-23-41-33(37)4-2/h3-19,34H,1-2,20-23H2. The predicted octanol–water partition coefficient (Wildman–Crippen LogP) is 6.73. The van der Waals surface area contributed by atoms with Crippen LogP contribution in [0.5, 0.6) is 11.5 Å². The Hall–Kier alpha value is -5.10. The second-order valence-corrected chi connectivity index (χ2v) is 9.32. The van der Waals surface area contributed by atoms with Crippen LogP contribution in [0.15, 0.2) is 116 Å². The van der Waals surface area contributed by atoms with Crippen molar-refractivity contribution >= 4 is 11.9 Å². The van der Waals surface area contributed by atoms with E-state index in [0.717, 1.165) is 28.8 Å². The lowest BCUT2D eigenvalue weighted by molar-refractivity contribution is -0.139. The van der Waals surface area contributed by atoms with Gasteiger partial charge in [0.15, 0.2) is 0 Å². The van der Waals surface area contributed by atoms with Crippen molar-refractivity contribution in [2.75, 3.05) is 26.4 Å². The summed E-state index contributed by atoms with van der Waals surface area (Å²) in [5.74, 6) is 0.525. The number of hydrogen-bond donors (Lipinski definition) is 0. The highest BCUT2D eigenvalue weighted by Gasteiger charge is 2.32. The molecule has 1 unspecified atom stereocenters. The summed E-state index contributed by atoms with van der Waals surface area (Å²) in [5, 5.41) is 0. The van der Waals surface area contributed by atoms with Gasteiger partial charge in [0, 0.05) is 18.1 Å². The van der Waals surface area contributed by atoms with Gasteiger partial charge >= 0.3 is 11.9 Å². The Morgan fingerprint density at radius 1 is 0.610 bits per heavy atom. The second-order valence-electron chi connectivity index (χ2n) is 9.32. The topological polar surface area (TPSA) is 71.1 Å². The van der Waals surface area contributed by atoms with Crippen LogP contribution in [0.4, 0.5) is 0 Å². The summed E-state index contributed by atoms with van der Waals surface area (Å²) >= 11 is 0. The molecule has 0 aliphatic heterocycles. The molecule has 0 saturated carbocycles. The third-order valence-corrected chi connectivity index (χ3v) is 6.86. The first kappa shape index (κ1) is 27.5. The van der Waals surface area contributed by atoms with Gasteiger partial charge < -0.3 is 18.9 Å². The maximum Gasteiger partial charge on any atom is 0.330 e. The first-order chi connectivity index (χ1) is 20.1. The van der Waals surface area contributed by atoms with Gasteiger partial charge in [0.05, 0.1) is 0 Å². The van der Waals surface area contributed by atoms with E-state index in [4.69, 9.17) is 18.9 Å². The zero-order valence-electron chi connectivity index (χ0n) is 22.6. The summed E-state index contributed by atoms with van der Waals surface area (Å²) in [6.07, 6.45) is 2.27. The fraction of sp³-hybridized carbons (Fsp3) is 0.143. The van der Waals surface area contributed by atoms with Gasteiger partial charge in [-0.1, -0.05) is 79.9 Å². The number of esters is 2. The molecule has 1 aliphatic rings. The number of benzene rings is 4. The van der Waals surface area contributed by atoms with Gasteiger partial charge in [-0.3, -0.25) is 0 Å². The van der Waals surface area contributed by atoms with Crippen LogP contribution < -0.4 is 9.47 Å². The fourth-order valence-corrected chi connectivity index (χ4v) is 5.07. The van der Waals surface area contributed by atoms with Gasteiger partial charge in [0.1, 0.15) is 37.9 Å². The molecule has 0 bridgehead atoms. The molecule has 0 spiro atoms. The maximum atomic E-state index is 11.2. The summed E-state index contributed by atoms with van der Waals surface area (Å²) in [5.41, 5.74) is 8.35. The van der Waals surface area contributed by atoms with Crippen molar-refractivity contribution in [3.63, 3.8) is 0 Å². The van der Waals surface area contributed by atoms with Crippen LogP contribution in [0.3, 0.4) is 0 Å². The molecule has 6 heteroatoms. The third kappa shape index (κ3) is 6.23. The van der Waals surface area contributed by atoms with E-state index in [2.05, 4.69) is 79.9 Å². The summed E-state index contributed by atoms with van der Waals surface area (Å²) in [6, 6.07) is 31.0. The molecule has 0 fully saturated rings. The van der Waals surface area contributed by atoms with Crippen LogP contribution >= 0.6 is 0 Å². The van der Waals surface area contributed by atoms with Gasteiger partial charge in [-0.25, -0.2) is 9.59 Å². The molecule has 6 nitrogen and oxygen atoms in total. The van der Waals surface area contributed by atoms with Crippen molar-refractivity contribution in [3.8, 4) is 33.8 Å². The average Bonchev–Trinajstić information content (AvgIpc) is 3.36. The van der Waals surface area contributed by atoms with Gasteiger partial charge in [0.25, 0.3) is 0 Å². The Bertz CT molecular complexity index is 1550. The first-order valence-corrected chi connectivity index (χ1v) is 13.4. The average molecular weight is 547 g/mol. The maximum absolute atomic E-state index is 11.2. The number of carbonyl (C=O) groups is 2. The molecule has 0 aromatic heterocycles. The monoisotopic (exact) mass is 546 g/mol. The van der Waals surface area contributed by atoms with Crippen LogP contribution in [0.25, 0.3) is 22.3 Å². The van der Waals surface area contributed by atoms with Crippen molar-refractivity contribution in [2.45, 2.75) is 5.92 Å². The number of rotatable bonds is 12. The van der Waals surface area contributed by atoms with E-state index in [0.29, 0.717) is 11.5 Å². The second kappa shape index (κ2) is 12.8. The molecule has 5 rings (SSSR count). The van der Waals surface area contributed by atoms with Gasteiger partial charge in [-0.2, -0.15) is 0 Å². The van der Waals surface area contributed by atoms with Gasteiger partial charge in [-0.05, 0) is 63.2 Å². The van der Waals surface area contributed by atoms with E-state index >= 15 is 0 Å². The van der Waals surface area contributed by atoms with E-state index < -0.39 is 11.9 Å². The minimum Gasteiger partial charge on any atom is -0.490 e. The predicted molar refractivity (Wildman–Crippen MR) is 158 cm³/mol. The molecule has 41 heavy (non-hydrogen) atoms. The highest BCUT2D eigenvalue weighted by atomic mass is 16.6. The molecule has 1 atom stereocenters. The van der Waals surface area contributed by atoms with Crippen molar-refractivity contribution in [2.24, 2.45) is 0 Å². The van der Waals surface area contributed by atoms with E-state index in [9.17, 15) is 9.59 Å². The van der Waals surface area contributed by atoms with Gasteiger partial charge in [-0.15, -0.1) is 0 Å². The first-order valence-electron chi connectivity index (χ1n) is 13.4. The highest BCUT2D eigenvalue weighted by Crippen LogP contribution is 2.51. The summed E-state index contributed by atoms with van der Waals surface area (Å²) in [6.45, 7) is 7.62. The highest BCUT2D eigenvalue weighted by molar-refractivity contribution is 5.88. The molecule has 206 valence electrons. The third-order valence-electron chi connectivity index (χ3n) is 6.86. The van der Waals surface area contributed by atoms with Crippen molar-refractivity contribution in [3.05, 3.63) is 133 Å². The molecule has 4 aromatic carbocycles. The van der Waals surface area contributed by atoms with Crippen molar-refractivity contribution in [1.82, 2.24) is 0 Å². The van der Waals surface area contributed by atoms with Crippen LogP contribution in [0.2, 0.25) is 0 Å². The lowest BCUT2D eigenvalue weighted by Gasteiger charge is -2.19. The van der Waals surface area contributed by atoms with Crippen LogP contribution in [-0.4, -0.2) is 38.4 Å². The van der Waals surface area contributed by atoms with Crippen molar-refractivity contribution in [1.29, 1.82) is 0 Å². The molecule has 0 saturated heterocycles. The molecule has 0 N–H and O–H groups in total. The van der Waals surface area contributed by atoms with E-state index in [1.807, 2.05) is 24.3 Å². The minimum atomic E-state index is -0.467. The van der Waals surface area contributed by atoms with Crippen LogP contribution in [0.1, 0.15) is 22.6 Å². The lowest BCUT2D eigenvalue weighted by atomic mass is 9.85. The normalized spacial score (nSPS) is 12.9. The Morgan fingerprint density at radius 2 is 1.15 bits per heavy atom. The Morgan fingerprint density at radius 3 is 1.76 bits per heavy atom. The number of fused-ring (bicyclic) bond motifs is 3. The fourth-order valence-electron chi connectivity index (χ4n) is 5.07. The lowest BCUT2D eigenvalue weighted by Crippen LogP contribution is -2.10. The minimum absolute atomic E-state index is 0.0514. The molecule has 0 radical (unpaired) electrons. The summed E-state index contributed by atoms with van der Waals surface area (Å²) in [7, 11) is 0. The summed E-state index contributed by atoms with van der Waals surface area (Å²) < 4.78 is 21.5. The SMILES string of the molecule is C=CC(=O)OCCOc1ccc(-c2cccc3c2C(c2ccc(OCCOC(=O)C=C)cc2)c2ccccc2-3)cc1. The molecular formula is C35H30O6. The van der Waals surface area contributed by atoms with Crippen LogP contribution in [0, 0.1) is 0 Å².